The highest BCUT2D eigenvalue weighted by atomic mass is 127. The average Bonchev–Trinajstić information content (AvgIpc) is 2.27. The van der Waals surface area contributed by atoms with E-state index >= 15 is 0 Å². The summed E-state index contributed by atoms with van der Waals surface area (Å²) in [5.74, 6) is 1.69. The Hall–Kier alpha value is -0.690. The summed E-state index contributed by atoms with van der Waals surface area (Å²) in [6, 6.07) is 7.40. The zero-order valence-corrected chi connectivity index (χ0v) is 15.7. The number of guanidine groups is 1. The molecule has 1 rings (SSSR count). The van der Waals surface area contributed by atoms with Crippen LogP contribution in [0.2, 0.25) is 5.02 Å². The first kappa shape index (κ1) is 19.3. The third-order valence-corrected chi connectivity index (χ3v) is 2.66. The molecule has 0 heterocycles. The van der Waals surface area contributed by atoms with E-state index in [1.807, 2.05) is 63.1 Å². The van der Waals surface area contributed by atoms with Crippen LogP contribution >= 0.6 is 35.6 Å². The van der Waals surface area contributed by atoms with Gasteiger partial charge in [0.1, 0.15) is 11.9 Å². The topological polar surface area (TPSA) is 28.1 Å². The highest BCUT2D eigenvalue weighted by Crippen LogP contribution is 2.18. The van der Waals surface area contributed by atoms with Crippen LogP contribution in [-0.4, -0.2) is 56.6 Å². The van der Waals surface area contributed by atoms with Gasteiger partial charge in [-0.3, -0.25) is 0 Å². The van der Waals surface area contributed by atoms with Crippen LogP contribution in [0.25, 0.3) is 0 Å². The van der Waals surface area contributed by atoms with Crippen molar-refractivity contribution in [3.63, 3.8) is 0 Å². The summed E-state index contributed by atoms with van der Waals surface area (Å²) in [7, 11) is 7.89. The van der Waals surface area contributed by atoms with Gasteiger partial charge in [0.05, 0.1) is 6.54 Å². The summed E-state index contributed by atoms with van der Waals surface area (Å²) in [6.07, 6.45) is -0.00614. The molecule has 0 aromatic heterocycles. The molecule has 6 heteroatoms. The lowest BCUT2D eigenvalue weighted by atomic mass is 10.3. The number of hydrogen-bond donors (Lipinski definition) is 0. The molecule has 0 saturated carbocycles. The van der Waals surface area contributed by atoms with Gasteiger partial charge in [0.15, 0.2) is 5.96 Å². The first-order valence-electron chi connectivity index (χ1n) is 6.21. The first-order chi connectivity index (χ1) is 8.90. The van der Waals surface area contributed by atoms with E-state index in [1.165, 1.54) is 0 Å². The van der Waals surface area contributed by atoms with Gasteiger partial charge < -0.3 is 14.5 Å². The smallest absolute Gasteiger partial charge is 0.195 e. The molecule has 0 bridgehead atoms. The maximum atomic E-state index is 5.92. The second kappa shape index (κ2) is 9.28. The van der Waals surface area contributed by atoms with Crippen LogP contribution in [0, 0.1) is 0 Å². The molecule has 20 heavy (non-hydrogen) atoms. The Morgan fingerprint density at radius 2 is 1.85 bits per heavy atom. The summed E-state index contributed by atoms with van der Waals surface area (Å²) < 4.78 is 5.78. The van der Waals surface area contributed by atoms with E-state index in [0.29, 0.717) is 11.6 Å². The van der Waals surface area contributed by atoms with Crippen LogP contribution < -0.4 is 4.74 Å². The molecule has 0 fully saturated rings. The summed E-state index contributed by atoms with van der Waals surface area (Å²) in [5, 5.41) is 0.676. The van der Waals surface area contributed by atoms with Crippen molar-refractivity contribution in [2.45, 2.75) is 13.0 Å². The fourth-order valence-electron chi connectivity index (χ4n) is 1.70. The number of halogens is 2. The lowest BCUT2D eigenvalue weighted by Gasteiger charge is -2.23. The van der Waals surface area contributed by atoms with Crippen LogP contribution in [0.4, 0.5) is 0 Å². The Balaban J connectivity index is 0.00000361. The van der Waals surface area contributed by atoms with Crippen molar-refractivity contribution >= 4 is 41.5 Å². The summed E-state index contributed by atoms with van der Waals surface area (Å²) in [6.45, 7) is 2.59. The van der Waals surface area contributed by atoms with E-state index in [1.54, 1.807) is 6.07 Å². The van der Waals surface area contributed by atoms with Crippen molar-refractivity contribution in [2.24, 2.45) is 4.99 Å². The van der Waals surface area contributed by atoms with Crippen molar-refractivity contribution in [3.8, 4) is 5.75 Å². The number of hydrogen-bond acceptors (Lipinski definition) is 2. The van der Waals surface area contributed by atoms with Crippen LogP contribution in [-0.2, 0) is 0 Å². The highest BCUT2D eigenvalue weighted by Gasteiger charge is 2.07. The molecule has 0 aliphatic carbocycles. The van der Waals surface area contributed by atoms with E-state index in [2.05, 4.69) is 4.99 Å². The van der Waals surface area contributed by atoms with E-state index in [-0.39, 0.29) is 30.1 Å². The van der Waals surface area contributed by atoms with E-state index < -0.39 is 0 Å². The maximum absolute atomic E-state index is 5.92. The lowest BCUT2D eigenvalue weighted by molar-refractivity contribution is 0.229. The van der Waals surface area contributed by atoms with E-state index in [0.717, 1.165) is 11.7 Å². The molecule has 0 amide bonds. The average molecular weight is 412 g/mol. The van der Waals surface area contributed by atoms with Crippen molar-refractivity contribution in [1.29, 1.82) is 0 Å². The molecule has 0 N–H and O–H groups in total. The van der Waals surface area contributed by atoms with Gasteiger partial charge in [-0.1, -0.05) is 17.7 Å². The molecule has 0 saturated heterocycles. The molecular formula is C14H23ClIN3O. The fraction of sp³-hybridized carbons (Fsp3) is 0.500. The van der Waals surface area contributed by atoms with Crippen molar-refractivity contribution in [3.05, 3.63) is 29.3 Å². The normalized spacial score (nSPS) is 11.1. The predicted molar refractivity (Wildman–Crippen MR) is 96.6 cm³/mol. The first-order valence-corrected chi connectivity index (χ1v) is 6.59. The SMILES string of the molecule is CC(CN=C(N(C)C)N(C)C)Oc1cccc(Cl)c1.I. The maximum Gasteiger partial charge on any atom is 0.195 e. The summed E-state index contributed by atoms with van der Waals surface area (Å²) >= 11 is 5.92. The van der Waals surface area contributed by atoms with Crippen LogP contribution in [0.5, 0.6) is 5.75 Å². The molecule has 4 nitrogen and oxygen atoms in total. The number of benzene rings is 1. The van der Waals surface area contributed by atoms with Gasteiger partial charge in [0.2, 0.25) is 0 Å². The molecule has 1 unspecified atom stereocenters. The Bertz CT molecular complexity index is 428. The highest BCUT2D eigenvalue weighted by molar-refractivity contribution is 14.0. The second-order valence-electron chi connectivity index (χ2n) is 4.82. The van der Waals surface area contributed by atoms with Crippen LogP contribution in [0.15, 0.2) is 29.3 Å². The molecule has 0 radical (unpaired) electrons. The largest absolute Gasteiger partial charge is 0.489 e. The minimum Gasteiger partial charge on any atom is -0.489 e. The van der Waals surface area contributed by atoms with E-state index in [4.69, 9.17) is 16.3 Å². The van der Waals surface area contributed by atoms with Gasteiger partial charge in [0.25, 0.3) is 0 Å². The van der Waals surface area contributed by atoms with Crippen molar-refractivity contribution in [2.75, 3.05) is 34.7 Å². The molecule has 0 spiro atoms. The Labute approximate surface area is 143 Å². The Morgan fingerprint density at radius 1 is 1.25 bits per heavy atom. The van der Waals surface area contributed by atoms with E-state index in [9.17, 15) is 0 Å². The molecule has 1 atom stereocenters. The van der Waals surface area contributed by atoms with Gasteiger partial charge in [-0.05, 0) is 25.1 Å². The second-order valence-corrected chi connectivity index (χ2v) is 5.25. The van der Waals surface area contributed by atoms with Gasteiger partial charge in [0, 0.05) is 33.2 Å². The zero-order chi connectivity index (χ0) is 14.4. The standard InChI is InChI=1S/C14H22ClN3O.HI/c1-11(10-16-14(17(2)3)18(4)5)19-13-8-6-7-12(15)9-13;/h6-9,11H,10H2,1-5H3;1H. The molecule has 0 aliphatic heterocycles. The number of nitrogens with zero attached hydrogens (tertiary/aromatic N) is 3. The molecule has 1 aromatic rings. The third kappa shape index (κ3) is 6.65. The van der Waals surface area contributed by atoms with Crippen molar-refractivity contribution < 1.29 is 4.74 Å². The number of rotatable bonds is 4. The Morgan fingerprint density at radius 3 is 2.35 bits per heavy atom. The predicted octanol–water partition coefficient (Wildman–Crippen LogP) is 3.20. The van der Waals surface area contributed by atoms with Crippen LogP contribution in [0.1, 0.15) is 6.92 Å². The third-order valence-electron chi connectivity index (χ3n) is 2.42. The van der Waals surface area contributed by atoms with Gasteiger partial charge in [-0.15, -0.1) is 24.0 Å². The molecular weight excluding hydrogens is 389 g/mol. The monoisotopic (exact) mass is 411 g/mol. The van der Waals surface area contributed by atoms with Gasteiger partial charge >= 0.3 is 0 Å². The van der Waals surface area contributed by atoms with Gasteiger partial charge in [-0.25, -0.2) is 4.99 Å². The Kier molecular flexibility index (Phi) is 8.96. The van der Waals surface area contributed by atoms with Gasteiger partial charge in [-0.2, -0.15) is 0 Å². The van der Waals surface area contributed by atoms with Crippen molar-refractivity contribution in [1.82, 2.24) is 9.80 Å². The number of aliphatic imine (C=N–C) groups is 1. The zero-order valence-electron chi connectivity index (χ0n) is 12.6. The molecule has 0 aliphatic rings. The quantitative estimate of drug-likeness (QED) is 0.433. The minimum atomic E-state index is -0.00614. The molecule has 1 aromatic carbocycles. The fourth-order valence-corrected chi connectivity index (χ4v) is 1.88. The lowest BCUT2D eigenvalue weighted by Crippen LogP contribution is -2.36. The summed E-state index contributed by atoms with van der Waals surface area (Å²) in [5.41, 5.74) is 0. The number of ether oxygens (including phenoxy) is 1. The minimum absolute atomic E-state index is 0. The molecule has 114 valence electrons. The van der Waals surface area contributed by atoms with Crippen LogP contribution in [0.3, 0.4) is 0 Å². The summed E-state index contributed by atoms with van der Waals surface area (Å²) in [4.78, 5) is 8.51.